The highest BCUT2D eigenvalue weighted by molar-refractivity contribution is 5.99. The van der Waals surface area contributed by atoms with Crippen molar-refractivity contribution in [1.82, 2.24) is 40.0 Å². The van der Waals surface area contributed by atoms with Gasteiger partial charge < -0.3 is 33.9 Å². The van der Waals surface area contributed by atoms with Gasteiger partial charge in [0.05, 0.1) is 43.2 Å². The van der Waals surface area contributed by atoms with Crippen LogP contribution in [-0.4, -0.2) is 150 Å². The number of ether oxygens (including phenoxy) is 3. The Kier molecular flexibility index (Phi) is 12.8. The van der Waals surface area contributed by atoms with Crippen molar-refractivity contribution < 1.29 is 38.2 Å². The molecule has 16 nitrogen and oxygen atoms in total. The van der Waals surface area contributed by atoms with E-state index in [0.717, 1.165) is 63.2 Å². The number of nitrogens with one attached hydrogen (secondary N) is 2. The van der Waals surface area contributed by atoms with Gasteiger partial charge in [0, 0.05) is 93.8 Å². The lowest BCUT2D eigenvalue weighted by molar-refractivity contribution is -0.156. The maximum atomic E-state index is 14.9. The number of carbonyl (C=O) groups excluding carboxylic acids is 5. The standard InChI is InChI=1S/C54H64N8O8/c1-33(2)46(61-22-18-54(52(61)67)30-60(31-54)42(63)15-10-20-59-23-25-69-26-24-59)49(64)56-40-28-34-11-7-12-35(27-34)36-16-17-41-38(29-36)43-44(48(68-6)45-37(13-8-19-55-45)47(43)58(41)5)53(3,4)32-70-51(66)39-14-9-21-62(57-39)50(40)65/h7-8,11-13,16-17,19,27,29,33,39-40,44,46,48,57H,9,14,18,20-26,28,30-32H2,1-6H3,(H,56,64)/t39-,40-,44?,46-,48?/m0/s1. The van der Waals surface area contributed by atoms with Crippen molar-refractivity contribution in [3.05, 3.63) is 77.6 Å². The number of fused-ring (bicyclic) bond motifs is 8. The average molecular weight is 953 g/mol. The number of morpholine rings is 1. The zero-order chi connectivity index (χ0) is 49.1. The molecule has 1 spiro atoms. The quantitative estimate of drug-likeness (QED) is 0.210. The zero-order valence-corrected chi connectivity index (χ0v) is 41.1. The minimum Gasteiger partial charge on any atom is -0.464 e. The molecule has 7 heterocycles. The number of aromatic nitrogens is 2. The molecule has 5 aliphatic heterocycles. The van der Waals surface area contributed by atoms with Gasteiger partial charge in [-0.05, 0) is 77.6 Å². The monoisotopic (exact) mass is 952 g/mol. The van der Waals surface area contributed by atoms with Gasteiger partial charge in [-0.15, -0.1) is 0 Å². The second-order valence-electron chi connectivity index (χ2n) is 21.1. The van der Waals surface area contributed by atoms with Crippen LogP contribution in [0.3, 0.4) is 0 Å². The Hall–Kier alpha value is -6.12. The van der Waals surface area contributed by atoms with E-state index in [-0.39, 0.29) is 49.8 Å². The molecule has 0 saturated carbocycles. The topological polar surface area (TPSA) is 168 Å². The first kappa shape index (κ1) is 47.6. The number of likely N-dealkylation sites (tertiary alicyclic amines) is 2. The van der Waals surface area contributed by atoms with Gasteiger partial charge in [0.25, 0.3) is 11.8 Å². The van der Waals surface area contributed by atoms with Crippen LogP contribution in [0.4, 0.5) is 0 Å². The number of esters is 1. The SMILES string of the molecule is COC1c2ncccc2-c2c3c4cc(ccc4n2C)-c2cccc(c2)C[C@H](NC(=O)[C@H](C(C)C)N2CCC4(CN(C(=O)C#CCN5CCOCC5)C4)C2=O)C(=O)N2CCC[C@H](N2)C(=O)OCC(C)(C)C31. The Morgan fingerprint density at radius 3 is 2.56 bits per heavy atom. The Labute approximate surface area is 409 Å². The molecular weight excluding hydrogens is 889 g/mol. The summed E-state index contributed by atoms with van der Waals surface area (Å²) in [4.78, 5) is 81.4. The molecule has 2 unspecified atom stereocenters. The number of methoxy groups -OCH3 is 1. The van der Waals surface area contributed by atoms with E-state index >= 15 is 0 Å². The number of hydrogen-bond acceptors (Lipinski definition) is 11. The summed E-state index contributed by atoms with van der Waals surface area (Å²) >= 11 is 0. The molecule has 2 aromatic carbocycles. The van der Waals surface area contributed by atoms with Gasteiger partial charge in [0.2, 0.25) is 11.8 Å². The van der Waals surface area contributed by atoms with Crippen molar-refractivity contribution in [2.75, 3.05) is 72.7 Å². The lowest BCUT2D eigenvalue weighted by Gasteiger charge is -2.46. The summed E-state index contributed by atoms with van der Waals surface area (Å²) in [6, 6.07) is 15.8. The predicted molar refractivity (Wildman–Crippen MR) is 261 cm³/mol. The van der Waals surface area contributed by atoms with Gasteiger partial charge >= 0.3 is 5.97 Å². The third-order valence-corrected chi connectivity index (χ3v) is 15.6. The van der Waals surface area contributed by atoms with Crippen LogP contribution < -0.4 is 10.7 Å². The van der Waals surface area contributed by atoms with E-state index in [2.05, 4.69) is 89.3 Å². The van der Waals surface area contributed by atoms with Gasteiger partial charge in [-0.1, -0.05) is 63.9 Å². The molecule has 4 aromatic rings. The van der Waals surface area contributed by atoms with Crippen molar-refractivity contribution in [1.29, 1.82) is 0 Å². The van der Waals surface area contributed by atoms with Gasteiger partial charge in [-0.3, -0.25) is 38.9 Å². The molecule has 368 valence electrons. The summed E-state index contributed by atoms with van der Waals surface area (Å²) < 4.78 is 20.2. The fourth-order valence-electron chi connectivity index (χ4n) is 11.9. The summed E-state index contributed by atoms with van der Waals surface area (Å²) in [6.07, 6.45) is 3.01. The largest absolute Gasteiger partial charge is 0.464 e. The van der Waals surface area contributed by atoms with Crippen LogP contribution in [0.1, 0.15) is 75.8 Å². The third kappa shape index (κ3) is 8.54. The van der Waals surface area contributed by atoms with E-state index in [1.165, 1.54) is 5.01 Å². The molecule has 10 rings (SSSR count). The minimum absolute atomic E-state index is 0.0752. The summed E-state index contributed by atoms with van der Waals surface area (Å²) in [5, 5.41) is 5.62. The number of pyridine rings is 1. The number of carbonyl (C=O) groups is 5. The van der Waals surface area contributed by atoms with E-state index in [4.69, 9.17) is 19.2 Å². The summed E-state index contributed by atoms with van der Waals surface area (Å²) in [5.74, 6) is 3.41. The lowest BCUT2D eigenvalue weighted by Crippen LogP contribution is -2.64. The molecule has 2 aromatic heterocycles. The molecule has 4 amide bonds. The maximum absolute atomic E-state index is 14.9. The second-order valence-corrected chi connectivity index (χ2v) is 21.1. The normalized spacial score (nSPS) is 24.6. The molecule has 6 bridgehead atoms. The minimum atomic E-state index is -1.05. The first-order chi connectivity index (χ1) is 33.7. The van der Waals surface area contributed by atoms with Crippen molar-refractivity contribution >= 4 is 40.5 Å². The Morgan fingerprint density at radius 2 is 1.79 bits per heavy atom. The van der Waals surface area contributed by atoms with Crippen molar-refractivity contribution in [2.45, 2.75) is 83.5 Å². The highest BCUT2D eigenvalue weighted by atomic mass is 16.5. The Balaban J connectivity index is 0.948. The van der Waals surface area contributed by atoms with E-state index in [1.54, 1.807) is 23.1 Å². The van der Waals surface area contributed by atoms with Crippen LogP contribution in [-0.2, 0) is 51.7 Å². The molecule has 70 heavy (non-hydrogen) atoms. The first-order valence-corrected chi connectivity index (χ1v) is 24.8. The Bertz CT molecular complexity index is 2800. The highest BCUT2D eigenvalue weighted by Crippen LogP contribution is 2.57. The number of benzene rings is 2. The number of cyclic esters (lactones) is 1. The maximum Gasteiger partial charge on any atom is 0.324 e. The van der Waals surface area contributed by atoms with Crippen molar-refractivity contribution in [2.24, 2.45) is 23.8 Å². The zero-order valence-electron chi connectivity index (χ0n) is 41.1. The summed E-state index contributed by atoms with van der Waals surface area (Å²) in [5.41, 5.74) is 9.53. The molecule has 16 heteroatoms. The number of aryl methyl sites for hydroxylation is 1. The van der Waals surface area contributed by atoms with Crippen LogP contribution in [0.15, 0.2) is 60.8 Å². The van der Waals surface area contributed by atoms with Gasteiger partial charge in [-0.25, -0.2) is 5.43 Å². The van der Waals surface area contributed by atoms with Crippen molar-refractivity contribution in [3.63, 3.8) is 0 Å². The number of nitrogens with zero attached hydrogens (tertiary/aromatic N) is 6. The summed E-state index contributed by atoms with van der Waals surface area (Å²) in [7, 11) is 3.79. The van der Waals surface area contributed by atoms with Crippen LogP contribution in [0.25, 0.3) is 33.3 Å². The molecule has 2 N–H and O–H groups in total. The first-order valence-electron chi connectivity index (χ1n) is 24.8. The Morgan fingerprint density at radius 1 is 1.00 bits per heavy atom. The predicted octanol–water partition coefficient (Wildman–Crippen LogP) is 4.22. The number of rotatable bonds is 6. The van der Waals surface area contributed by atoms with Crippen LogP contribution >= 0.6 is 0 Å². The van der Waals surface area contributed by atoms with E-state index in [0.29, 0.717) is 52.1 Å². The van der Waals surface area contributed by atoms with Crippen LogP contribution in [0, 0.1) is 28.6 Å². The fourth-order valence-corrected chi connectivity index (χ4v) is 11.9. The van der Waals surface area contributed by atoms with E-state index in [1.807, 2.05) is 32.0 Å². The molecule has 6 aliphatic rings. The smallest absolute Gasteiger partial charge is 0.324 e. The number of amides is 4. The van der Waals surface area contributed by atoms with Crippen LogP contribution in [0.5, 0.6) is 0 Å². The molecular formula is C54H64N8O8. The molecule has 1 aliphatic carbocycles. The third-order valence-electron chi connectivity index (χ3n) is 15.6. The van der Waals surface area contributed by atoms with Gasteiger partial charge in [-0.2, -0.15) is 0 Å². The molecule has 4 fully saturated rings. The molecule has 5 atom stereocenters. The highest BCUT2D eigenvalue weighted by Gasteiger charge is 2.58. The van der Waals surface area contributed by atoms with E-state index < -0.39 is 52.8 Å². The number of hydrogen-bond donors (Lipinski definition) is 2. The molecule has 4 saturated heterocycles. The van der Waals surface area contributed by atoms with Crippen molar-refractivity contribution in [3.8, 4) is 34.2 Å². The molecule has 0 radical (unpaired) electrons. The summed E-state index contributed by atoms with van der Waals surface area (Å²) in [6.45, 7) is 12.6. The van der Waals surface area contributed by atoms with E-state index in [9.17, 15) is 24.0 Å². The van der Waals surface area contributed by atoms with Crippen LogP contribution in [0.2, 0.25) is 0 Å². The average Bonchev–Trinajstić information content (AvgIpc) is 3.84. The lowest BCUT2D eigenvalue weighted by atomic mass is 9.67. The van der Waals surface area contributed by atoms with Gasteiger partial charge in [0.1, 0.15) is 24.2 Å². The number of hydrazine groups is 1. The second kappa shape index (κ2) is 18.9. The fraction of sp³-hybridized carbons (Fsp3) is 0.519. The van der Waals surface area contributed by atoms with Gasteiger partial charge in [0.15, 0.2) is 0 Å².